The summed E-state index contributed by atoms with van der Waals surface area (Å²) in [4.78, 5) is 24.1. The Kier molecular flexibility index (Phi) is 15.2. The number of hydrogen-bond donors (Lipinski definition) is 2. The first-order chi connectivity index (χ1) is 13.2. The Morgan fingerprint density at radius 3 is 1.81 bits per heavy atom. The highest BCUT2D eigenvalue weighted by Crippen LogP contribution is 2.17. The fourth-order valence-electron chi connectivity index (χ4n) is 3.88. The molecule has 2 N–H and O–H groups in total. The van der Waals surface area contributed by atoms with Gasteiger partial charge in [-0.15, -0.1) is 0 Å². The molecule has 1 saturated carbocycles. The summed E-state index contributed by atoms with van der Waals surface area (Å²) in [5.74, 6) is 0.0597. The van der Waals surface area contributed by atoms with E-state index in [1.165, 1.54) is 83.5 Å². The second-order valence-electron chi connectivity index (χ2n) is 8.29. The van der Waals surface area contributed by atoms with Crippen LogP contribution in [0.2, 0.25) is 0 Å². The third-order valence-electron chi connectivity index (χ3n) is 5.65. The number of nitrogens with one attached hydrogen (secondary N) is 2. The van der Waals surface area contributed by atoms with Gasteiger partial charge in [0.1, 0.15) is 0 Å². The van der Waals surface area contributed by atoms with Gasteiger partial charge in [0.15, 0.2) is 0 Å². The summed E-state index contributed by atoms with van der Waals surface area (Å²) in [6, 6.07) is 0.304. The van der Waals surface area contributed by atoms with E-state index in [9.17, 15) is 9.59 Å². The van der Waals surface area contributed by atoms with E-state index in [0.29, 0.717) is 18.9 Å². The number of carbonyl (C=O) groups excluding carboxylic acids is 2. The highest BCUT2D eigenvalue weighted by atomic mass is 16.2. The Hall–Kier alpha value is -1.06. The molecular weight excluding hydrogens is 336 g/mol. The Morgan fingerprint density at radius 2 is 1.22 bits per heavy atom. The average molecular weight is 381 g/mol. The van der Waals surface area contributed by atoms with Crippen LogP contribution in [0.25, 0.3) is 0 Å². The lowest BCUT2D eigenvalue weighted by atomic mass is 9.98. The van der Waals surface area contributed by atoms with E-state index in [1.807, 2.05) is 0 Å². The molecule has 1 aliphatic rings. The lowest BCUT2D eigenvalue weighted by molar-refractivity contribution is -0.126. The minimum atomic E-state index is 0.0133. The smallest absolute Gasteiger partial charge is 0.220 e. The average Bonchev–Trinajstić information content (AvgIpc) is 2.65. The van der Waals surface area contributed by atoms with Gasteiger partial charge in [-0.3, -0.25) is 9.59 Å². The van der Waals surface area contributed by atoms with E-state index < -0.39 is 0 Å². The van der Waals surface area contributed by atoms with Crippen LogP contribution in [-0.4, -0.2) is 24.4 Å². The van der Waals surface area contributed by atoms with Gasteiger partial charge in [-0.25, -0.2) is 0 Å². The topological polar surface area (TPSA) is 58.2 Å². The van der Waals surface area contributed by atoms with Crippen LogP contribution in [0.5, 0.6) is 0 Å². The molecule has 0 radical (unpaired) electrons. The van der Waals surface area contributed by atoms with Crippen LogP contribution < -0.4 is 10.6 Å². The van der Waals surface area contributed by atoms with E-state index >= 15 is 0 Å². The van der Waals surface area contributed by atoms with Crippen LogP contribution in [0, 0.1) is 0 Å². The quantitative estimate of drug-likeness (QED) is 0.482. The van der Waals surface area contributed by atoms with Crippen molar-refractivity contribution >= 4 is 11.8 Å². The van der Waals surface area contributed by atoms with Crippen molar-refractivity contribution in [3.63, 3.8) is 0 Å². The van der Waals surface area contributed by atoms with Gasteiger partial charge in [0, 0.05) is 25.4 Å². The molecule has 1 fully saturated rings. The lowest BCUT2D eigenvalue weighted by Gasteiger charge is -2.19. The van der Waals surface area contributed by atoms with Crippen molar-refractivity contribution in [2.45, 2.75) is 129 Å². The van der Waals surface area contributed by atoms with Crippen molar-refractivity contribution in [2.24, 2.45) is 0 Å². The van der Waals surface area contributed by atoms with E-state index in [-0.39, 0.29) is 11.8 Å². The summed E-state index contributed by atoms with van der Waals surface area (Å²) in [6.07, 6.45) is 20.6. The first kappa shape index (κ1) is 24.0. The molecule has 4 nitrogen and oxygen atoms in total. The van der Waals surface area contributed by atoms with E-state index in [4.69, 9.17) is 0 Å². The SMILES string of the molecule is CCCCCCCNC(=O)CCC(=O)NC1CCCCCCCCCCC1. The minimum absolute atomic E-state index is 0.0133. The first-order valence-electron chi connectivity index (χ1n) is 11.8. The number of amides is 2. The van der Waals surface area contributed by atoms with Gasteiger partial charge in [-0.2, -0.15) is 0 Å². The highest BCUT2D eigenvalue weighted by Gasteiger charge is 2.13. The van der Waals surface area contributed by atoms with Crippen LogP contribution in [0.15, 0.2) is 0 Å². The van der Waals surface area contributed by atoms with Gasteiger partial charge in [-0.05, 0) is 19.3 Å². The fourth-order valence-corrected chi connectivity index (χ4v) is 3.88. The Bertz CT molecular complexity index is 373. The highest BCUT2D eigenvalue weighted by molar-refractivity contribution is 5.83. The van der Waals surface area contributed by atoms with E-state index in [2.05, 4.69) is 17.6 Å². The fraction of sp³-hybridized carbons (Fsp3) is 0.913. The van der Waals surface area contributed by atoms with Crippen LogP contribution in [0.3, 0.4) is 0 Å². The van der Waals surface area contributed by atoms with Gasteiger partial charge in [0.2, 0.25) is 11.8 Å². The monoisotopic (exact) mass is 380 g/mol. The van der Waals surface area contributed by atoms with Crippen molar-refractivity contribution in [1.82, 2.24) is 10.6 Å². The molecule has 0 spiro atoms. The van der Waals surface area contributed by atoms with E-state index in [1.54, 1.807) is 0 Å². The molecule has 0 heterocycles. The summed E-state index contributed by atoms with van der Waals surface area (Å²) in [7, 11) is 0. The maximum atomic E-state index is 12.2. The largest absolute Gasteiger partial charge is 0.356 e. The van der Waals surface area contributed by atoms with Gasteiger partial charge < -0.3 is 10.6 Å². The Balaban J connectivity index is 2.15. The molecule has 27 heavy (non-hydrogen) atoms. The molecular formula is C23H44N2O2. The van der Waals surface area contributed by atoms with Crippen molar-refractivity contribution in [3.05, 3.63) is 0 Å². The van der Waals surface area contributed by atoms with Gasteiger partial charge in [-0.1, -0.05) is 90.4 Å². The normalized spacial score (nSPS) is 17.5. The number of carbonyl (C=O) groups is 2. The summed E-state index contributed by atoms with van der Waals surface area (Å²) >= 11 is 0. The summed E-state index contributed by atoms with van der Waals surface area (Å²) in [5, 5.41) is 6.14. The van der Waals surface area contributed by atoms with Crippen molar-refractivity contribution in [1.29, 1.82) is 0 Å². The molecule has 0 aliphatic heterocycles. The van der Waals surface area contributed by atoms with Gasteiger partial charge in [0.25, 0.3) is 0 Å². The molecule has 0 aromatic rings. The third kappa shape index (κ3) is 14.6. The first-order valence-corrected chi connectivity index (χ1v) is 11.8. The van der Waals surface area contributed by atoms with Crippen LogP contribution in [-0.2, 0) is 9.59 Å². The van der Waals surface area contributed by atoms with E-state index in [0.717, 1.165) is 25.8 Å². The van der Waals surface area contributed by atoms with Crippen molar-refractivity contribution in [2.75, 3.05) is 6.54 Å². The van der Waals surface area contributed by atoms with Crippen molar-refractivity contribution in [3.8, 4) is 0 Å². The van der Waals surface area contributed by atoms with Gasteiger partial charge in [0.05, 0.1) is 0 Å². The number of hydrogen-bond acceptors (Lipinski definition) is 2. The Morgan fingerprint density at radius 1 is 0.704 bits per heavy atom. The van der Waals surface area contributed by atoms with Crippen LogP contribution in [0.4, 0.5) is 0 Å². The van der Waals surface area contributed by atoms with Gasteiger partial charge >= 0.3 is 0 Å². The predicted molar refractivity (Wildman–Crippen MR) is 114 cm³/mol. The molecule has 158 valence electrons. The molecule has 0 bridgehead atoms. The maximum absolute atomic E-state index is 12.2. The number of rotatable bonds is 10. The molecule has 0 saturated heterocycles. The third-order valence-corrected chi connectivity index (χ3v) is 5.65. The molecule has 0 aromatic heterocycles. The second-order valence-corrected chi connectivity index (χ2v) is 8.29. The number of unbranched alkanes of at least 4 members (excludes halogenated alkanes) is 4. The van der Waals surface area contributed by atoms with Crippen LogP contribution in [0.1, 0.15) is 122 Å². The summed E-state index contributed by atoms with van der Waals surface area (Å²) in [6.45, 7) is 2.95. The summed E-state index contributed by atoms with van der Waals surface area (Å²) < 4.78 is 0. The zero-order valence-electron chi connectivity index (χ0n) is 17.8. The zero-order valence-corrected chi connectivity index (χ0v) is 17.8. The predicted octanol–water partition coefficient (Wildman–Crippen LogP) is 5.64. The Labute approximate surface area is 167 Å². The standard InChI is InChI=1S/C23H44N2O2/c1-2-3-4-12-15-20-24-22(26)18-19-23(27)25-21-16-13-10-8-6-5-7-9-11-14-17-21/h21H,2-20H2,1H3,(H,24,26)(H,25,27). The molecule has 4 heteroatoms. The summed E-state index contributed by atoms with van der Waals surface area (Å²) in [5.41, 5.74) is 0. The molecule has 0 atom stereocenters. The molecule has 1 aliphatic carbocycles. The molecule has 0 unspecified atom stereocenters. The van der Waals surface area contributed by atoms with Crippen LogP contribution >= 0.6 is 0 Å². The maximum Gasteiger partial charge on any atom is 0.220 e. The minimum Gasteiger partial charge on any atom is -0.356 e. The zero-order chi connectivity index (χ0) is 19.6. The molecule has 0 aromatic carbocycles. The van der Waals surface area contributed by atoms with Crippen molar-refractivity contribution < 1.29 is 9.59 Å². The molecule has 2 amide bonds. The molecule has 1 rings (SSSR count). The second kappa shape index (κ2) is 17.1. The lowest BCUT2D eigenvalue weighted by Crippen LogP contribution is -2.35.